The average Bonchev–Trinajstić information content (AvgIpc) is 2.86. The minimum absolute atomic E-state index is 0.663. The van der Waals surface area contributed by atoms with E-state index < -0.39 is 6.03 Å². The Balaban J connectivity index is 2.21. The Bertz CT molecular complexity index is 619. The van der Waals surface area contributed by atoms with Gasteiger partial charge in [0.15, 0.2) is 0 Å². The van der Waals surface area contributed by atoms with E-state index >= 15 is 0 Å². The molecule has 0 unspecified atom stereocenters. The highest BCUT2D eigenvalue weighted by atomic mass is 79.9. The van der Waals surface area contributed by atoms with Crippen molar-refractivity contribution in [1.29, 1.82) is 0 Å². The number of nitrogens with one attached hydrogen (secondary N) is 1. The molecule has 0 spiro atoms. The number of hydrogen-bond acceptors (Lipinski definition) is 3. The van der Waals surface area contributed by atoms with Crippen molar-refractivity contribution in [2.24, 2.45) is 10.8 Å². The first-order chi connectivity index (χ1) is 9.06. The fourth-order valence-electron chi connectivity index (χ4n) is 1.50. The van der Waals surface area contributed by atoms with Gasteiger partial charge in [0.05, 0.1) is 10.6 Å². The molecule has 0 saturated heterocycles. The second-order valence-corrected chi connectivity index (χ2v) is 5.84. The van der Waals surface area contributed by atoms with Crippen molar-refractivity contribution in [3.63, 3.8) is 0 Å². The van der Waals surface area contributed by atoms with Crippen LogP contribution in [0.15, 0.2) is 46.0 Å². The summed E-state index contributed by atoms with van der Waals surface area (Å²) in [6.45, 7) is 1.83. The zero-order chi connectivity index (χ0) is 13.8. The zero-order valence-corrected chi connectivity index (χ0v) is 12.6. The van der Waals surface area contributed by atoms with Crippen LogP contribution in [0.5, 0.6) is 0 Å². The molecule has 1 aromatic heterocycles. The summed E-state index contributed by atoms with van der Waals surface area (Å²) < 4.78 is 1.05. The quantitative estimate of drug-likeness (QED) is 0.652. The van der Waals surface area contributed by atoms with Crippen LogP contribution in [-0.2, 0) is 0 Å². The normalized spacial score (nSPS) is 11.4. The first-order valence-electron chi connectivity index (χ1n) is 5.52. The Morgan fingerprint density at radius 3 is 2.58 bits per heavy atom. The summed E-state index contributed by atoms with van der Waals surface area (Å²) in [5.74, 6) is 0. The number of rotatable bonds is 3. The van der Waals surface area contributed by atoms with Crippen molar-refractivity contribution >= 4 is 39.0 Å². The molecular weight excluding hydrogens is 326 g/mol. The molecule has 0 aliphatic carbocycles. The van der Waals surface area contributed by atoms with Crippen LogP contribution in [0.25, 0.3) is 10.4 Å². The lowest BCUT2D eigenvalue weighted by Crippen LogP contribution is -2.25. The van der Waals surface area contributed by atoms with Gasteiger partial charge in [0.25, 0.3) is 0 Å². The number of nitrogens with two attached hydrogens (primary N) is 1. The number of nitrogens with zero attached hydrogens (tertiary/aromatic N) is 1. The molecule has 0 aliphatic heterocycles. The van der Waals surface area contributed by atoms with Crippen LogP contribution < -0.4 is 11.2 Å². The summed E-state index contributed by atoms with van der Waals surface area (Å²) in [5.41, 5.74) is 9.08. The summed E-state index contributed by atoms with van der Waals surface area (Å²) >= 11 is 5.03. The Kier molecular flexibility index (Phi) is 4.34. The summed E-state index contributed by atoms with van der Waals surface area (Å²) in [4.78, 5) is 12.7. The van der Waals surface area contributed by atoms with Gasteiger partial charge in [0, 0.05) is 9.35 Å². The number of amides is 2. The van der Waals surface area contributed by atoms with Crippen LogP contribution in [0, 0.1) is 0 Å². The number of benzene rings is 1. The standard InChI is InChI=1S/C13H12BrN3OS/c1-8(16-17-13(15)18)11-6-7-12(19-11)9-2-4-10(14)5-3-9/h2-7H,1H3,(H3,15,17,18)/b16-8-. The fraction of sp³-hybridized carbons (Fsp3) is 0.0769. The van der Waals surface area contributed by atoms with Gasteiger partial charge in [-0.25, -0.2) is 10.2 Å². The molecule has 2 amide bonds. The van der Waals surface area contributed by atoms with Crippen molar-refractivity contribution in [3.8, 4) is 10.4 Å². The molecular formula is C13H12BrN3OS. The Morgan fingerprint density at radius 2 is 1.95 bits per heavy atom. The lowest BCUT2D eigenvalue weighted by Gasteiger charge is -1.98. The van der Waals surface area contributed by atoms with E-state index in [1.54, 1.807) is 11.3 Å². The molecule has 0 radical (unpaired) electrons. The van der Waals surface area contributed by atoms with Gasteiger partial charge in [-0.1, -0.05) is 28.1 Å². The lowest BCUT2D eigenvalue weighted by atomic mass is 10.2. The molecule has 2 aromatic rings. The van der Waals surface area contributed by atoms with Gasteiger partial charge in [-0.15, -0.1) is 11.3 Å². The third-order valence-corrected chi connectivity index (χ3v) is 4.20. The van der Waals surface area contributed by atoms with E-state index in [1.165, 1.54) is 0 Å². The highest BCUT2D eigenvalue weighted by molar-refractivity contribution is 9.10. The van der Waals surface area contributed by atoms with Crippen LogP contribution in [0.2, 0.25) is 0 Å². The van der Waals surface area contributed by atoms with Crippen molar-refractivity contribution < 1.29 is 4.79 Å². The SMILES string of the molecule is C/C(=N/NC(N)=O)c1ccc(-c2ccc(Br)cc2)s1. The molecule has 1 heterocycles. The predicted molar refractivity (Wildman–Crippen MR) is 82.4 cm³/mol. The number of carbonyl (C=O) groups excluding carboxylic acids is 1. The number of primary amides is 1. The molecule has 0 atom stereocenters. The number of carbonyl (C=O) groups is 1. The Hall–Kier alpha value is -1.66. The largest absolute Gasteiger partial charge is 0.350 e. The molecule has 4 nitrogen and oxygen atoms in total. The van der Waals surface area contributed by atoms with E-state index in [1.807, 2.05) is 43.3 Å². The van der Waals surface area contributed by atoms with E-state index in [2.05, 4.69) is 26.5 Å². The second-order valence-electron chi connectivity index (χ2n) is 3.84. The zero-order valence-electron chi connectivity index (χ0n) is 10.2. The monoisotopic (exact) mass is 337 g/mol. The van der Waals surface area contributed by atoms with Crippen molar-refractivity contribution in [2.75, 3.05) is 0 Å². The first-order valence-corrected chi connectivity index (χ1v) is 7.13. The number of urea groups is 1. The molecule has 0 aliphatic rings. The molecule has 98 valence electrons. The van der Waals surface area contributed by atoms with Gasteiger partial charge in [-0.2, -0.15) is 5.10 Å². The maximum atomic E-state index is 10.6. The topological polar surface area (TPSA) is 67.5 Å². The maximum absolute atomic E-state index is 10.6. The van der Waals surface area contributed by atoms with Gasteiger partial charge in [-0.05, 0) is 36.8 Å². The average molecular weight is 338 g/mol. The van der Waals surface area contributed by atoms with Crippen molar-refractivity contribution in [1.82, 2.24) is 5.43 Å². The van der Waals surface area contributed by atoms with Crippen molar-refractivity contribution in [3.05, 3.63) is 45.7 Å². The van der Waals surface area contributed by atoms with E-state index in [0.717, 1.165) is 25.5 Å². The second kappa shape index (κ2) is 5.99. The molecule has 2 rings (SSSR count). The molecule has 0 bridgehead atoms. The molecule has 0 saturated carbocycles. The number of halogens is 1. The maximum Gasteiger partial charge on any atom is 0.332 e. The number of hydrazone groups is 1. The first kappa shape index (κ1) is 13.8. The lowest BCUT2D eigenvalue weighted by molar-refractivity contribution is 0.249. The molecule has 0 fully saturated rings. The Labute approximate surface area is 123 Å². The van der Waals surface area contributed by atoms with E-state index in [4.69, 9.17) is 5.73 Å². The molecule has 19 heavy (non-hydrogen) atoms. The number of thiophene rings is 1. The molecule has 1 aromatic carbocycles. The van der Waals surface area contributed by atoms with Gasteiger partial charge in [0.1, 0.15) is 0 Å². The molecule has 3 N–H and O–H groups in total. The third-order valence-electron chi connectivity index (χ3n) is 2.43. The number of hydrogen-bond donors (Lipinski definition) is 2. The van der Waals surface area contributed by atoms with Gasteiger partial charge < -0.3 is 5.73 Å². The summed E-state index contributed by atoms with van der Waals surface area (Å²) in [6, 6.07) is 11.5. The van der Waals surface area contributed by atoms with Crippen molar-refractivity contribution in [2.45, 2.75) is 6.92 Å². The van der Waals surface area contributed by atoms with Gasteiger partial charge in [0.2, 0.25) is 0 Å². The van der Waals surface area contributed by atoms with Crippen LogP contribution in [0.4, 0.5) is 4.79 Å². The van der Waals surface area contributed by atoms with Gasteiger partial charge in [-0.3, -0.25) is 0 Å². The van der Waals surface area contributed by atoms with Crippen LogP contribution in [0.3, 0.4) is 0 Å². The summed E-state index contributed by atoms with van der Waals surface area (Å²) in [6.07, 6.45) is 0. The summed E-state index contributed by atoms with van der Waals surface area (Å²) in [5, 5.41) is 3.91. The van der Waals surface area contributed by atoms with Crippen LogP contribution in [-0.4, -0.2) is 11.7 Å². The predicted octanol–water partition coefficient (Wildman–Crippen LogP) is 3.57. The molecule has 6 heteroatoms. The van der Waals surface area contributed by atoms with Gasteiger partial charge >= 0.3 is 6.03 Å². The highest BCUT2D eigenvalue weighted by Crippen LogP contribution is 2.29. The summed E-state index contributed by atoms with van der Waals surface area (Å²) in [7, 11) is 0. The van der Waals surface area contributed by atoms with Crippen LogP contribution >= 0.6 is 27.3 Å². The van der Waals surface area contributed by atoms with E-state index in [9.17, 15) is 4.79 Å². The fourth-order valence-corrected chi connectivity index (χ4v) is 2.72. The van der Waals surface area contributed by atoms with E-state index in [0.29, 0.717) is 0 Å². The van der Waals surface area contributed by atoms with E-state index in [-0.39, 0.29) is 0 Å². The minimum Gasteiger partial charge on any atom is -0.350 e. The highest BCUT2D eigenvalue weighted by Gasteiger charge is 2.05. The minimum atomic E-state index is -0.663. The Morgan fingerprint density at radius 1 is 1.26 bits per heavy atom. The third kappa shape index (κ3) is 3.65. The van der Waals surface area contributed by atoms with Crippen LogP contribution in [0.1, 0.15) is 11.8 Å². The smallest absolute Gasteiger partial charge is 0.332 e.